The number of carbonyl (C=O) groups excluding carboxylic acids is 1. The summed E-state index contributed by atoms with van der Waals surface area (Å²) in [5.41, 5.74) is 4.90. The van der Waals surface area contributed by atoms with E-state index in [9.17, 15) is 19.8 Å². The number of hydrogen-bond acceptors (Lipinski definition) is 9. The first-order valence-corrected chi connectivity index (χ1v) is 21.0. The van der Waals surface area contributed by atoms with Crippen LogP contribution in [-0.2, 0) is 37.6 Å². The summed E-state index contributed by atoms with van der Waals surface area (Å²) in [7, 11) is 0. The van der Waals surface area contributed by atoms with Gasteiger partial charge in [0, 0.05) is 64.7 Å². The number of benzene rings is 4. The Morgan fingerprint density at radius 3 is 1.79 bits per heavy atom. The number of aromatic nitrogens is 2. The predicted molar refractivity (Wildman–Crippen MR) is 243 cm³/mol. The van der Waals surface area contributed by atoms with Crippen molar-refractivity contribution < 1.29 is 38.7 Å². The van der Waals surface area contributed by atoms with Crippen LogP contribution in [0.5, 0.6) is 23.0 Å². The average molecular weight is 930 g/mol. The van der Waals surface area contributed by atoms with Crippen molar-refractivity contribution in [2.24, 2.45) is 5.41 Å². The first-order chi connectivity index (χ1) is 30.2. The van der Waals surface area contributed by atoms with Crippen LogP contribution >= 0.6 is 46.4 Å². The van der Waals surface area contributed by atoms with E-state index in [0.717, 1.165) is 11.1 Å². The van der Waals surface area contributed by atoms with Crippen molar-refractivity contribution >= 4 is 63.8 Å². The van der Waals surface area contributed by atoms with Crippen molar-refractivity contribution in [1.82, 2.24) is 9.97 Å². The molecule has 0 radical (unpaired) electrons. The second kappa shape index (κ2) is 21.0. The molecule has 63 heavy (non-hydrogen) atoms. The molecule has 1 unspecified atom stereocenters. The van der Waals surface area contributed by atoms with Crippen LogP contribution in [0.25, 0.3) is 16.0 Å². The zero-order valence-corrected chi connectivity index (χ0v) is 37.4. The number of ether oxygens (including phenoxy) is 4. The Labute approximate surface area is 384 Å². The fourth-order valence-electron chi connectivity index (χ4n) is 6.46. The summed E-state index contributed by atoms with van der Waals surface area (Å²) in [4.78, 5) is 36.2. The monoisotopic (exact) mass is 927 g/mol. The summed E-state index contributed by atoms with van der Waals surface area (Å²) < 4.78 is 24.6. The number of halogens is 4. The Morgan fingerprint density at radius 2 is 1.24 bits per heavy atom. The predicted octanol–water partition coefficient (Wildman–Crippen LogP) is 12.2. The molecule has 2 N–H and O–H groups in total. The smallest absolute Gasteiger partial charge is 0.311 e. The number of nitrogens with zero attached hydrogens (tertiary/aromatic N) is 3. The number of Topliss-reactive ketones (excluding diaryl/α,β-unsaturated/α-hetero) is 1. The maximum atomic E-state index is 12.5. The molecule has 0 fully saturated rings. The van der Waals surface area contributed by atoms with E-state index in [2.05, 4.69) is 14.8 Å². The molecular weight excluding hydrogens is 888 g/mol. The molecule has 2 heterocycles. The van der Waals surface area contributed by atoms with Crippen LogP contribution in [-0.4, -0.2) is 38.5 Å². The van der Waals surface area contributed by atoms with Crippen LogP contribution in [0.15, 0.2) is 97.6 Å². The Kier molecular flexibility index (Phi) is 15.5. The van der Waals surface area contributed by atoms with Gasteiger partial charge in [0.25, 0.3) is 0 Å². The molecule has 0 saturated carbocycles. The van der Waals surface area contributed by atoms with Gasteiger partial charge in [-0.05, 0) is 74.6 Å². The molecule has 0 bridgehead atoms. The third-order valence-corrected chi connectivity index (χ3v) is 11.7. The van der Waals surface area contributed by atoms with Gasteiger partial charge in [-0.15, -0.1) is 0 Å². The number of carbonyl (C=O) groups is 2. The highest BCUT2D eigenvalue weighted by molar-refractivity contribution is 6.37. The summed E-state index contributed by atoms with van der Waals surface area (Å²) >= 11 is 27.4. The topological polar surface area (TPSA) is 142 Å². The van der Waals surface area contributed by atoms with E-state index in [0.29, 0.717) is 71.9 Å². The molecule has 0 aliphatic heterocycles. The van der Waals surface area contributed by atoms with Gasteiger partial charge >= 0.3 is 5.97 Å². The highest BCUT2D eigenvalue weighted by Gasteiger charge is 2.32. The number of hydrogen-bond donors (Lipinski definition) is 2. The Balaban J connectivity index is 1.20. The van der Waals surface area contributed by atoms with Crippen molar-refractivity contribution in [3.8, 4) is 34.1 Å². The molecule has 1 atom stereocenters. The summed E-state index contributed by atoms with van der Waals surface area (Å²) in [6.45, 7) is 11.9. The maximum Gasteiger partial charge on any atom is 0.311 e. The first-order valence-electron chi connectivity index (χ1n) is 19.5. The third-order valence-electron chi connectivity index (χ3n) is 10.2. The van der Waals surface area contributed by atoms with Gasteiger partial charge < -0.3 is 29.2 Å². The van der Waals surface area contributed by atoms with Gasteiger partial charge in [-0.2, -0.15) is 0 Å². The van der Waals surface area contributed by atoms with Crippen LogP contribution in [0.4, 0.5) is 5.69 Å². The summed E-state index contributed by atoms with van der Waals surface area (Å²) in [5, 5.41) is 20.9. The van der Waals surface area contributed by atoms with E-state index >= 15 is 0 Å². The van der Waals surface area contributed by atoms with E-state index in [4.69, 9.17) is 71.9 Å². The minimum Gasteiger partial charge on any atom is -0.488 e. The number of aliphatic carboxylic acids is 1. The Morgan fingerprint density at radius 1 is 0.698 bits per heavy atom. The molecule has 11 nitrogen and oxygen atoms in total. The van der Waals surface area contributed by atoms with Gasteiger partial charge in [-0.3, -0.25) is 19.6 Å². The fraction of sp³-hybridized carbons (Fsp3) is 0.229. The molecular formula is C48H41Cl4N3O8. The second-order valence-corrected chi connectivity index (χ2v) is 16.6. The number of aliphatic hydroxyl groups is 1. The zero-order chi connectivity index (χ0) is 45.3. The number of aliphatic hydroxyl groups excluding tert-OH is 1. The van der Waals surface area contributed by atoms with Crippen LogP contribution < -0.4 is 18.9 Å². The van der Waals surface area contributed by atoms with E-state index < -0.39 is 18.0 Å². The zero-order valence-electron chi connectivity index (χ0n) is 34.4. The highest BCUT2D eigenvalue weighted by Crippen LogP contribution is 2.41. The number of carboxylic acid groups (broad SMARTS) is 1. The van der Waals surface area contributed by atoms with E-state index in [1.807, 2.05) is 49.4 Å². The van der Waals surface area contributed by atoms with Gasteiger partial charge in [-0.1, -0.05) is 82.8 Å². The van der Waals surface area contributed by atoms with Gasteiger partial charge in [0.1, 0.15) is 49.4 Å². The summed E-state index contributed by atoms with van der Waals surface area (Å²) in [6.07, 6.45) is 6.80. The lowest BCUT2D eigenvalue weighted by Crippen LogP contribution is -2.32. The van der Waals surface area contributed by atoms with Crippen LogP contribution in [0, 0.1) is 18.9 Å². The molecule has 4 aromatic carbocycles. The minimum absolute atomic E-state index is 0.00369. The first kappa shape index (κ1) is 46.6. The molecule has 6 aromatic rings. The molecule has 0 aliphatic rings. The van der Waals surface area contributed by atoms with Crippen LogP contribution in [0.3, 0.4) is 0 Å². The van der Waals surface area contributed by atoms with Gasteiger partial charge in [0.15, 0.2) is 5.78 Å². The number of carboxylic acids is 1. The Hall–Kier alpha value is -5.87. The standard InChI is InChI=1S/C48H41Cl4N3O8/c1-28-13-30(20-54-19-28)23-61-42-18-44(40(50)16-38(42)29(2)57)63-26-34-8-6-10-37(46(34)52)36-9-5-7-33(45(36)51)25-62-43-17-41(60-24-31-14-35(53-4)22-55-21-31)32(15-39(43)49)11-12-48(3,27-56)47(58)59/h5-10,13-22,56H,11-12,23-27H2,1-3H3,(H,58,59). The second-order valence-electron chi connectivity index (χ2n) is 15.0. The van der Waals surface area contributed by atoms with Gasteiger partial charge in [-0.25, -0.2) is 4.85 Å². The SMILES string of the molecule is [C-]#[N+]c1cncc(COc2cc(OCc3cccc(-c4cccc(COc5cc(OCc6cncc(C)c6)c(C(C)=O)cc5Cl)c4Cl)c3Cl)c(Cl)cc2CCC(C)(CO)C(=O)O)c1. The third kappa shape index (κ3) is 11.6. The van der Waals surface area contributed by atoms with Gasteiger partial charge in [0.2, 0.25) is 5.69 Å². The van der Waals surface area contributed by atoms with Crippen molar-refractivity contribution in [3.05, 3.63) is 168 Å². The van der Waals surface area contributed by atoms with E-state index in [1.165, 1.54) is 26.1 Å². The summed E-state index contributed by atoms with van der Waals surface area (Å²) in [5.74, 6) is -0.0759. The fourth-order valence-corrected chi connectivity index (χ4v) is 7.49. The lowest BCUT2D eigenvalue weighted by molar-refractivity contribution is -0.150. The lowest BCUT2D eigenvalue weighted by Gasteiger charge is -2.23. The lowest BCUT2D eigenvalue weighted by atomic mass is 9.85. The minimum atomic E-state index is -1.39. The quantitative estimate of drug-likeness (QED) is 0.0595. The number of ketones is 1. The number of rotatable bonds is 19. The largest absolute Gasteiger partial charge is 0.488 e. The molecule has 15 heteroatoms. The van der Waals surface area contributed by atoms with Crippen molar-refractivity contribution in [3.63, 3.8) is 0 Å². The van der Waals surface area contributed by atoms with E-state index in [1.54, 1.807) is 42.9 Å². The Bertz CT molecular complexity index is 2710. The number of pyridine rings is 2. The molecule has 0 amide bonds. The maximum absolute atomic E-state index is 12.5. The average Bonchev–Trinajstić information content (AvgIpc) is 3.27. The highest BCUT2D eigenvalue weighted by atomic mass is 35.5. The normalized spacial score (nSPS) is 11.9. The molecule has 0 aliphatic carbocycles. The molecule has 2 aromatic heterocycles. The molecule has 0 saturated heterocycles. The summed E-state index contributed by atoms with van der Waals surface area (Å²) in [6, 6.07) is 21.0. The van der Waals surface area contributed by atoms with Crippen LogP contribution in [0.2, 0.25) is 20.1 Å². The van der Waals surface area contributed by atoms with Crippen molar-refractivity contribution in [2.75, 3.05) is 6.61 Å². The number of aryl methyl sites for hydroxylation is 2. The molecule has 324 valence electrons. The molecule has 0 spiro atoms. The van der Waals surface area contributed by atoms with Crippen molar-refractivity contribution in [1.29, 1.82) is 0 Å². The van der Waals surface area contributed by atoms with Gasteiger partial charge in [0.05, 0.1) is 44.2 Å². The van der Waals surface area contributed by atoms with E-state index in [-0.39, 0.29) is 60.8 Å². The molecule has 6 rings (SSSR count). The van der Waals surface area contributed by atoms with Crippen molar-refractivity contribution in [2.45, 2.75) is 60.0 Å². The van der Waals surface area contributed by atoms with Crippen LogP contribution in [0.1, 0.15) is 64.0 Å².